The monoisotopic (exact) mass is 862 g/mol. The molecule has 7 aromatic carbocycles. The lowest BCUT2D eigenvalue weighted by Gasteiger charge is -2.34. The Morgan fingerprint density at radius 2 is 1.12 bits per heavy atom. The van der Waals surface area contributed by atoms with Crippen LogP contribution >= 0.6 is 0 Å². The smallest absolute Gasteiger partial charge is 0.137 e. The molecule has 0 atom stereocenters. The molecule has 0 saturated heterocycles. The minimum atomic E-state index is -0.312. The number of aromatic nitrogens is 2. The number of hydrogen-bond donors (Lipinski definition) is 0. The molecular formula is C61H58N4O. The molecular weight excluding hydrogens is 805 g/mol. The normalized spacial score (nSPS) is 13.4. The number of ether oxygens (including phenoxy) is 1. The molecule has 0 fully saturated rings. The molecule has 9 aromatic rings. The Bertz CT molecular complexity index is 3240. The van der Waals surface area contributed by atoms with Crippen LogP contribution in [0.25, 0.3) is 49.9 Å². The van der Waals surface area contributed by atoms with Gasteiger partial charge in [0.25, 0.3) is 0 Å². The second-order valence-electron chi connectivity index (χ2n) is 20.3. The van der Waals surface area contributed by atoms with E-state index >= 15 is 0 Å². The average molecular weight is 863 g/mol. The lowest BCUT2D eigenvalue weighted by atomic mass is 9.81. The van der Waals surface area contributed by atoms with Crippen molar-refractivity contribution in [1.82, 2.24) is 9.55 Å². The van der Waals surface area contributed by atoms with E-state index in [1.54, 1.807) is 0 Å². The minimum absolute atomic E-state index is 0.0318. The van der Waals surface area contributed by atoms with E-state index in [4.69, 9.17) is 9.72 Å². The quantitative estimate of drug-likeness (QED) is 0.145. The van der Waals surface area contributed by atoms with Gasteiger partial charge in [0.15, 0.2) is 0 Å². The third kappa shape index (κ3) is 8.15. The summed E-state index contributed by atoms with van der Waals surface area (Å²) >= 11 is 0. The Morgan fingerprint density at radius 3 is 1.82 bits per heavy atom. The summed E-state index contributed by atoms with van der Waals surface area (Å²) in [5.41, 5.74) is 13.8. The van der Waals surface area contributed by atoms with Crippen LogP contribution in [0, 0.1) is 0 Å². The van der Waals surface area contributed by atoms with Crippen molar-refractivity contribution in [3.05, 3.63) is 217 Å². The van der Waals surface area contributed by atoms with Gasteiger partial charge in [-0.2, -0.15) is 0 Å². The maximum atomic E-state index is 6.89. The van der Waals surface area contributed by atoms with Crippen LogP contribution in [0.3, 0.4) is 0 Å². The van der Waals surface area contributed by atoms with Crippen molar-refractivity contribution in [2.24, 2.45) is 0 Å². The third-order valence-corrected chi connectivity index (χ3v) is 13.3. The van der Waals surface area contributed by atoms with Crippen LogP contribution in [0.1, 0.15) is 72.1 Å². The number of hydrogen-bond acceptors (Lipinski definition) is 4. The summed E-state index contributed by atoms with van der Waals surface area (Å²) in [4.78, 5) is 9.83. The van der Waals surface area contributed by atoms with Crippen molar-refractivity contribution < 1.29 is 4.74 Å². The topological polar surface area (TPSA) is 33.5 Å². The van der Waals surface area contributed by atoms with Crippen LogP contribution in [0.4, 0.5) is 11.4 Å². The lowest BCUT2D eigenvalue weighted by molar-refractivity contribution is 0.483. The molecule has 1 aliphatic heterocycles. The highest BCUT2D eigenvalue weighted by molar-refractivity contribution is 6.10. The number of rotatable bonds is 9. The SMILES string of the molecule is CC(C)(C)c1cc(-c2ccccc2)cc(N2C=C(C(C)(C)c3ccccc3)N(c3cccc(Oc4ccc5c6cc(-c7ccccc7)ccc6n(-c6cc(C(C)(C)C)ccn6)c5c4)c3)C2)c1. The number of benzene rings is 7. The van der Waals surface area contributed by atoms with Crippen LogP contribution < -0.4 is 14.5 Å². The molecule has 0 spiro atoms. The fourth-order valence-electron chi connectivity index (χ4n) is 9.35. The van der Waals surface area contributed by atoms with Crippen molar-refractivity contribution in [3.8, 4) is 39.6 Å². The number of anilines is 2. The molecule has 0 aliphatic carbocycles. The fourth-order valence-corrected chi connectivity index (χ4v) is 9.35. The zero-order valence-electron chi connectivity index (χ0n) is 39.4. The molecule has 10 rings (SSSR count). The number of nitrogens with zero attached hydrogens (tertiary/aromatic N) is 4. The van der Waals surface area contributed by atoms with Gasteiger partial charge in [-0.25, -0.2) is 4.98 Å². The van der Waals surface area contributed by atoms with E-state index in [2.05, 4.69) is 258 Å². The summed E-state index contributed by atoms with van der Waals surface area (Å²) in [7, 11) is 0. The molecule has 0 radical (unpaired) electrons. The Labute approximate surface area is 390 Å². The lowest BCUT2D eigenvalue weighted by Crippen LogP contribution is -2.33. The first-order valence-corrected chi connectivity index (χ1v) is 23.1. The molecule has 0 unspecified atom stereocenters. The van der Waals surface area contributed by atoms with Crippen LogP contribution in [0.2, 0.25) is 0 Å². The molecule has 0 saturated carbocycles. The van der Waals surface area contributed by atoms with Gasteiger partial charge in [-0.3, -0.25) is 4.57 Å². The number of pyridine rings is 1. The van der Waals surface area contributed by atoms with E-state index in [1.807, 2.05) is 6.20 Å². The first kappa shape index (κ1) is 42.6. The summed E-state index contributed by atoms with van der Waals surface area (Å²) in [6, 6.07) is 65.3. The van der Waals surface area contributed by atoms with Gasteiger partial charge in [0.1, 0.15) is 17.3 Å². The highest BCUT2D eigenvalue weighted by Gasteiger charge is 2.36. The van der Waals surface area contributed by atoms with Crippen molar-refractivity contribution in [2.45, 2.75) is 71.6 Å². The van der Waals surface area contributed by atoms with Crippen LogP contribution in [-0.4, -0.2) is 16.2 Å². The highest BCUT2D eigenvalue weighted by atomic mass is 16.5. The van der Waals surface area contributed by atoms with E-state index in [9.17, 15) is 0 Å². The Balaban J connectivity index is 1.05. The van der Waals surface area contributed by atoms with E-state index < -0.39 is 0 Å². The maximum absolute atomic E-state index is 6.89. The van der Waals surface area contributed by atoms with E-state index in [0.717, 1.165) is 39.4 Å². The summed E-state index contributed by atoms with van der Waals surface area (Å²) in [6.45, 7) is 18.9. The molecule has 1 aliphatic rings. The van der Waals surface area contributed by atoms with Gasteiger partial charge in [-0.15, -0.1) is 0 Å². The molecule has 0 N–H and O–H groups in total. The average Bonchev–Trinajstić information content (AvgIpc) is 3.93. The molecule has 5 heteroatoms. The molecule has 328 valence electrons. The standard InChI is InChI=1S/C61H58N4O/c1-59(2,3)47-31-32-62-58(37-47)65-55-30-27-44(42-19-12-9-13-20-42)35-54(55)53-29-28-52(39-56(53)65)66-51-26-18-25-49(38-51)64-41-63(40-57(64)61(7,8)46-23-16-11-17-24-46)50-34-45(43-21-14-10-15-22-43)33-48(36-50)60(4,5)6/h9-40H,41H2,1-8H3. The van der Waals surface area contributed by atoms with Crippen LogP contribution in [-0.2, 0) is 16.2 Å². The molecule has 66 heavy (non-hydrogen) atoms. The Kier molecular flexibility index (Phi) is 10.7. The van der Waals surface area contributed by atoms with Gasteiger partial charge in [0.05, 0.1) is 17.7 Å². The molecule has 0 amide bonds. The molecule has 5 nitrogen and oxygen atoms in total. The van der Waals surface area contributed by atoms with Gasteiger partial charge in [0.2, 0.25) is 0 Å². The van der Waals surface area contributed by atoms with Crippen LogP contribution in [0.5, 0.6) is 11.5 Å². The van der Waals surface area contributed by atoms with Crippen molar-refractivity contribution >= 4 is 33.2 Å². The van der Waals surface area contributed by atoms with Crippen molar-refractivity contribution in [3.63, 3.8) is 0 Å². The zero-order valence-corrected chi connectivity index (χ0v) is 39.4. The Morgan fingerprint density at radius 1 is 0.455 bits per heavy atom. The maximum Gasteiger partial charge on any atom is 0.137 e. The summed E-state index contributed by atoms with van der Waals surface area (Å²) in [5, 5.41) is 2.32. The first-order chi connectivity index (χ1) is 31.7. The van der Waals surface area contributed by atoms with E-state index in [-0.39, 0.29) is 16.2 Å². The van der Waals surface area contributed by atoms with Crippen LogP contribution in [0.15, 0.2) is 200 Å². The molecule has 2 aromatic heterocycles. The largest absolute Gasteiger partial charge is 0.457 e. The summed E-state index contributed by atoms with van der Waals surface area (Å²) in [5.74, 6) is 2.41. The predicted molar refractivity (Wildman–Crippen MR) is 277 cm³/mol. The first-order valence-electron chi connectivity index (χ1n) is 23.1. The van der Waals surface area contributed by atoms with E-state index in [1.165, 1.54) is 55.7 Å². The summed E-state index contributed by atoms with van der Waals surface area (Å²) < 4.78 is 9.18. The van der Waals surface area contributed by atoms with E-state index in [0.29, 0.717) is 6.67 Å². The Hall–Kier alpha value is -7.37. The predicted octanol–water partition coefficient (Wildman–Crippen LogP) is 16.0. The van der Waals surface area contributed by atoms with Gasteiger partial charge < -0.3 is 14.5 Å². The van der Waals surface area contributed by atoms with Gasteiger partial charge >= 0.3 is 0 Å². The van der Waals surface area contributed by atoms with Crippen molar-refractivity contribution in [2.75, 3.05) is 16.5 Å². The number of allylic oxidation sites excluding steroid dienone is 1. The second kappa shape index (κ2) is 16.6. The van der Waals surface area contributed by atoms with Gasteiger partial charge in [0, 0.05) is 57.8 Å². The fraction of sp³-hybridized carbons (Fsp3) is 0.197. The molecule has 3 heterocycles. The zero-order chi connectivity index (χ0) is 45.8. The van der Waals surface area contributed by atoms with Gasteiger partial charge in [-0.05, 0) is 110 Å². The third-order valence-electron chi connectivity index (χ3n) is 13.3. The van der Waals surface area contributed by atoms with Crippen molar-refractivity contribution in [1.29, 1.82) is 0 Å². The second-order valence-corrected chi connectivity index (χ2v) is 20.3. The van der Waals surface area contributed by atoms with Gasteiger partial charge in [-0.1, -0.05) is 165 Å². The summed E-state index contributed by atoms with van der Waals surface area (Å²) in [6.07, 6.45) is 4.29. The molecule has 0 bridgehead atoms. The highest BCUT2D eigenvalue weighted by Crippen LogP contribution is 2.44. The minimum Gasteiger partial charge on any atom is -0.457 e. The number of fused-ring (bicyclic) bond motifs is 3.